The van der Waals surface area contributed by atoms with Crippen molar-refractivity contribution in [2.75, 3.05) is 0 Å². The second-order valence-electron chi connectivity index (χ2n) is 6.78. The van der Waals surface area contributed by atoms with E-state index in [9.17, 15) is 23.1 Å². The van der Waals surface area contributed by atoms with Gasteiger partial charge in [0.2, 0.25) is 0 Å². The van der Waals surface area contributed by atoms with Gasteiger partial charge in [0.25, 0.3) is 0 Å². The predicted octanol–water partition coefficient (Wildman–Crippen LogP) is 5.57. The highest BCUT2D eigenvalue weighted by Gasteiger charge is 2.30. The zero-order chi connectivity index (χ0) is 21.5. The van der Waals surface area contributed by atoms with Crippen molar-refractivity contribution in [2.24, 2.45) is 0 Å². The lowest BCUT2D eigenvalue weighted by atomic mass is 10.0. The van der Waals surface area contributed by atoms with Crippen molar-refractivity contribution in [2.45, 2.75) is 19.5 Å². The Labute approximate surface area is 169 Å². The van der Waals surface area contributed by atoms with E-state index < -0.39 is 17.7 Å². The molecule has 2 N–H and O–H groups in total. The van der Waals surface area contributed by atoms with Crippen molar-refractivity contribution < 1.29 is 23.1 Å². The Morgan fingerprint density at radius 1 is 1.03 bits per heavy atom. The Bertz CT molecular complexity index is 1230. The number of H-pyrrole nitrogens is 1. The van der Waals surface area contributed by atoms with Crippen LogP contribution in [0.1, 0.15) is 28.4 Å². The molecular weight excluding hydrogens is 395 g/mol. The van der Waals surface area contributed by atoms with E-state index in [1.165, 1.54) is 18.2 Å². The second kappa shape index (κ2) is 7.29. The Kier molecular flexibility index (Phi) is 4.77. The molecule has 0 atom stereocenters. The number of rotatable bonds is 4. The minimum atomic E-state index is -4.45. The minimum Gasteiger partial charge on any atom is -0.478 e. The van der Waals surface area contributed by atoms with Gasteiger partial charge in [-0.2, -0.15) is 18.3 Å². The molecule has 5 nitrogen and oxygen atoms in total. The van der Waals surface area contributed by atoms with E-state index in [0.717, 1.165) is 29.7 Å². The van der Waals surface area contributed by atoms with Crippen LogP contribution in [-0.4, -0.2) is 26.3 Å². The van der Waals surface area contributed by atoms with Crippen LogP contribution in [0.25, 0.3) is 33.5 Å². The summed E-state index contributed by atoms with van der Waals surface area (Å²) in [6.07, 6.45) is -3.57. The lowest BCUT2D eigenvalue weighted by molar-refractivity contribution is -0.137. The molecule has 0 saturated carbocycles. The number of aromatic nitrogens is 3. The van der Waals surface area contributed by atoms with E-state index in [2.05, 4.69) is 15.2 Å². The van der Waals surface area contributed by atoms with E-state index in [-0.39, 0.29) is 16.9 Å². The number of carboxylic acids is 1. The van der Waals surface area contributed by atoms with Crippen molar-refractivity contribution >= 4 is 17.0 Å². The molecular formula is C22H16F3N3O2. The average molecular weight is 411 g/mol. The molecule has 0 amide bonds. The number of carboxylic acid groups (broad SMARTS) is 1. The van der Waals surface area contributed by atoms with Crippen LogP contribution in [0.15, 0.2) is 54.6 Å². The zero-order valence-corrected chi connectivity index (χ0v) is 15.8. The van der Waals surface area contributed by atoms with Gasteiger partial charge in [0, 0.05) is 11.1 Å². The third kappa shape index (κ3) is 3.52. The highest BCUT2D eigenvalue weighted by atomic mass is 19.4. The number of nitrogens with zero attached hydrogens (tertiary/aromatic N) is 2. The molecule has 0 aliphatic rings. The quantitative estimate of drug-likeness (QED) is 0.460. The summed E-state index contributed by atoms with van der Waals surface area (Å²) in [5, 5.41) is 17.1. The molecule has 0 radical (unpaired) electrons. The lowest BCUT2D eigenvalue weighted by Crippen LogP contribution is -2.04. The number of aryl methyl sites for hydroxylation is 1. The average Bonchev–Trinajstić information content (AvgIpc) is 3.16. The molecule has 30 heavy (non-hydrogen) atoms. The molecule has 152 valence electrons. The first-order valence-electron chi connectivity index (χ1n) is 9.17. The molecule has 0 spiro atoms. The first kappa shape index (κ1) is 19.6. The summed E-state index contributed by atoms with van der Waals surface area (Å²) >= 11 is 0. The van der Waals surface area contributed by atoms with Crippen LogP contribution >= 0.6 is 0 Å². The highest BCUT2D eigenvalue weighted by molar-refractivity contribution is 6.08. The summed E-state index contributed by atoms with van der Waals surface area (Å²) in [6.45, 7) is 2.04. The maximum absolute atomic E-state index is 12.8. The smallest absolute Gasteiger partial charge is 0.416 e. The van der Waals surface area contributed by atoms with E-state index in [4.69, 9.17) is 0 Å². The maximum atomic E-state index is 12.8. The van der Waals surface area contributed by atoms with Gasteiger partial charge in [-0.25, -0.2) is 9.78 Å². The molecule has 2 aromatic carbocycles. The van der Waals surface area contributed by atoms with Crippen molar-refractivity contribution in [1.82, 2.24) is 15.2 Å². The highest BCUT2D eigenvalue weighted by Crippen LogP contribution is 2.33. The Balaban J connectivity index is 1.84. The first-order valence-corrected chi connectivity index (χ1v) is 9.17. The number of aromatic amines is 1. The number of halogens is 3. The van der Waals surface area contributed by atoms with Crippen molar-refractivity contribution in [3.8, 4) is 22.5 Å². The third-order valence-electron chi connectivity index (χ3n) is 4.91. The van der Waals surface area contributed by atoms with E-state index in [1.54, 1.807) is 0 Å². The second-order valence-corrected chi connectivity index (χ2v) is 6.78. The molecule has 2 aromatic heterocycles. The van der Waals surface area contributed by atoms with E-state index in [0.29, 0.717) is 16.6 Å². The van der Waals surface area contributed by atoms with Crippen LogP contribution in [-0.2, 0) is 12.6 Å². The number of fused-ring (bicyclic) bond motifs is 1. The van der Waals surface area contributed by atoms with Gasteiger partial charge in [-0.1, -0.05) is 43.3 Å². The summed E-state index contributed by atoms with van der Waals surface area (Å²) in [5.74, 6) is -1.18. The fourth-order valence-electron chi connectivity index (χ4n) is 3.29. The molecule has 4 rings (SSSR count). The normalized spacial score (nSPS) is 11.7. The molecule has 0 unspecified atom stereocenters. The molecule has 2 heterocycles. The summed E-state index contributed by atoms with van der Waals surface area (Å²) < 4.78 is 38.4. The monoisotopic (exact) mass is 411 g/mol. The summed E-state index contributed by atoms with van der Waals surface area (Å²) in [7, 11) is 0. The van der Waals surface area contributed by atoms with Crippen molar-refractivity contribution in [3.05, 3.63) is 71.3 Å². The van der Waals surface area contributed by atoms with E-state index >= 15 is 0 Å². The number of carbonyl (C=O) groups is 1. The molecule has 0 aliphatic heterocycles. The van der Waals surface area contributed by atoms with Crippen molar-refractivity contribution in [1.29, 1.82) is 0 Å². The fourth-order valence-corrected chi connectivity index (χ4v) is 3.29. The van der Waals surface area contributed by atoms with Crippen LogP contribution in [0.4, 0.5) is 13.2 Å². The zero-order valence-electron chi connectivity index (χ0n) is 15.8. The Morgan fingerprint density at radius 2 is 1.67 bits per heavy atom. The molecule has 0 aliphatic carbocycles. The van der Waals surface area contributed by atoms with Gasteiger partial charge in [0.1, 0.15) is 0 Å². The number of hydrogen-bond acceptors (Lipinski definition) is 3. The van der Waals surface area contributed by atoms with Gasteiger partial charge in [0.05, 0.1) is 27.9 Å². The van der Waals surface area contributed by atoms with Gasteiger partial charge in [0.15, 0.2) is 5.65 Å². The number of alkyl halides is 3. The Hall–Kier alpha value is -3.68. The molecule has 8 heteroatoms. The van der Waals surface area contributed by atoms with Gasteiger partial charge in [-0.3, -0.25) is 5.10 Å². The molecule has 0 saturated heterocycles. The number of pyridine rings is 1. The first-order chi connectivity index (χ1) is 14.3. The summed E-state index contributed by atoms with van der Waals surface area (Å²) in [5.41, 5.74) is 2.39. The topological polar surface area (TPSA) is 78.9 Å². The van der Waals surface area contributed by atoms with Gasteiger partial charge in [-0.15, -0.1) is 0 Å². The standard InChI is InChI=1S/C22H16F3N3O2/c1-2-12-3-5-14(6-4-12)19-18-16(21(29)30)11-17(26-20(18)28-27-19)13-7-9-15(10-8-13)22(23,24)25/h3-11H,2H2,1H3,(H,29,30)(H,26,27,28). The number of benzene rings is 2. The molecule has 0 bridgehead atoms. The van der Waals surface area contributed by atoms with Gasteiger partial charge >= 0.3 is 12.1 Å². The maximum Gasteiger partial charge on any atom is 0.416 e. The SMILES string of the molecule is CCc1ccc(-c2[nH]nc3nc(-c4ccc(C(F)(F)F)cc4)cc(C(=O)O)c23)cc1. The third-order valence-corrected chi connectivity index (χ3v) is 4.91. The van der Waals surface area contributed by atoms with Crippen LogP contribution in [0, 0.1) is 0 Å². The largest absolute Gasteiger partial charge is 0.478 e. The minimum absolute atomic E-state index is 0.0294. The summed E-state index contributed by atoms with van der Waals surface area (Å²) in [4.78, 5) is 16.3. The van der Waals surface area contributed by atoms with Crippen LogP contribution in [0.3, 0.4) is 0 Å². The molecule has 4 aromatic rings. The van der Waals surface area contributed by atoms with Crippen LogP contribution < -0.4 is 0 Å². The lowest BCUT2D eigenvalue weighted by Gasteiger charge is -2.09. The fraction of sp³-hybridized carbons (Fsp3) is 0.136. The molecule has 0 fully saturated rings. The number of hydrogen-bond donors (Lipinski definition) is 2. The van der Waals surface area contributed by atoms with Crippen LogP contribution in [0.5, 0.6) is 0 Å². The van der Waals surface area contributed by atoms with E-state index in [1.807, 2.05) is 31.2 Å². The predicted molar refractivity (Wildman–Crippen MR) is 106 cm³/mol. The van der Waals surface area contributed by atoms with Crippen molar-refractivity contribution in [3.63, 3.8) is 0 Å². The number of nitrogens with one attached hydrogen (secondary N) is 1. The number of aromatic carboxylic acids is 1. The Morgan fingerprint density at radius 3 is 2.23 bits per heavy atom. The van der Waals surface area contributed by atoms with Crippen LogP contribution in [0.2, 0.25) is 0 Å². The van der Waals surface area contributed by atoms with Gasteiger partial charge < -0.3 is 5.11 Å². The van der Waals surface area contributed by atoms with Gasteiger partial charge in [-0.05, 0) is 30.2 Å². The summed E-state index contributed by atoms with van der Waals surface area (Å²) in [6, 6.07) is 13.4.